The molecule has 19 heavy (non-hydrogen) atoms. The predicted molar refractivity (Wildman–Crippen MR) is 77.3 cm³/mol. The third-order valence-corrected chi connectivity index (χ3v) is 2.76. The average molecular weight is 264 g/mol. The molecule has 0 saturated heterocycles. The molecule has 0 aliphatic heterocycles. The Balaban J connectivity index is 2.40. The Kier molecular flexibility index (Phi) is 5.83. The Morgan fingerprint density at radius 3 is 2.74 bits per heavy atom. The Hall–Kier alpha value is -1.55. The van der Waals surface area contributed by atoms with Crippen LogP contribution in [0.4, 0.5) is 0 Å². The number of nitrogens with one attached hydrogen (secondary N) is 1. The number of carbonyl (C=O) groups excluding carboxylic acids is 1. The molecule has 0 aliphatic rings. The smallest absolute Gasteiger partial charge is 0.221 e. The van der Waals surface area contributed by atoms with Crippen LogP contribution in [-0.4, -0.2) is 25.6 Å². The minimum atomic E-state index is -0.0328. The number of amides is 1. The minimum absolute atomic E-state index is 0.0328. The first kappa shape index (κ1) is 15.5. The summed E-state index contributed by atoms with van der Waals surface area (Å²) in [4.78, 5) is 11.2. The molecular formula is C15H24N2O2. The van der Waals surface area contributed by atoms with Gasteiger partial charge in [-0.3, -0.25) is 4.79 Å². The zero-order valence-corrected chi connectivity index (χ0v) is 12.0. The van der Waals surface area contributed by atoms with Crippen LogP contribution < -0.4 is 15.8 Å². The van der Waals surface area contributed by atoms with Crippen molar-refractivity contribution in [3.8, 4) is 5.75 Å². The highest BCUT2D eigenvalue weighted by Gasteiger charge is 2.13. The quantitative estimate of drug-likeness (QED) is 0.770. The molecule has 0 radical (unpaired) electrons. The molecule has 0 saturated carbocycles. The molecular weight excluding hydrogens is 240 g/mol. The van der Waals surface area contributed by atoms with Gasteiger partial charge in [-0.1, -0.05) is 32.9 Å². The van der Waals surface area contributed by atoms with E-state index in [2.05, 4.69) is 32.2 Å². The maximum absolute atomic E-state index is 11.2. The van der Waals surface area contributed by atoms with Gasteiger partial charge in [0.15, 0.2) is 0 Å². The highest BCUT2D eigenvalue weighted by atomic mass is 16.5. The molecule has 106 valence electrons. The summed E-state index contributed by atoms with van der Waals surface area (Å²) >= 11 is 0. The lowest BCUT2D eigenvalue weighted by Gasteiger charge is -2.19. The third kappa shape index (κ3) is 5.75. The van der Waals surface area contributed by atoms with Gasteiger partial charge in [0.2, 0.25) is 5.91 Å². The van der Waals surface area contributed by atoms with Gasteiger partial charge in [0.25, 0.3) is 0 Å². The number of nitrogens with two attached hydrogens (primary N) is 1. The monoisotopic (exact) mass is 264 g/mol. The number of carbonyl (C=O) groups is 1. The van der Waals surface area contributed by atoms with Crippen LogP contribution >= 0.6 is 0 Å². The van der Waals surface area contributed by atoms with Crippen LogP contribution in [0.25, 0.3) is 0 Å². The molecule has 0 heterocycles. The van der Waals surface area contributed by atoms with E-state index in [0.29, 0.717) is 26.1 Å². The van der Waals surface area contributed by atoms with Crippen molar-refractivity contribution in [1.82, 2.24) is 5.32 Å². The fraction of sp³-hybridized carbons (Fsp3) is 0.533. The van der Waals surface area contributed by atoms with E-state index >= 15 is 0 Å². The lowest BCUT2D eigenvalue weighted by molar-refractivity contribution is -0.120. The second kappa shape index (κ2) is 7.14. The van der Waals surface area contributed by atoms with Gasteiger partial charge < -0.3 is 15.8 Å². The van der Waals surface area contributed by atoms with Crippen molar-refractivity contribution in [1.29, 1.82) is 0 Å². The Labute approximate surface area is 115 Å². The van der Waals surface area contributed by atoms with Gasteiger partial charge in [-0.05, 0) is 23.1 Å². The van der Waals surface area contributed by atoms with Crippen molar-refractivity contribution in [2.75, 3.05) is 19.7 Å². The fourth-order valence-electron chi connectivity index (χ4n) is 1.63. The van der Waals surface area contributed by atoms with Gasteiger partial charge >= 0.3 is 0 Å². The number of benzene rings is 1. The Bertz CT molecular complexity index is 411. The maximum atomic E-state index is 11.2. The molecule has 1 aromatic carbocycles. The van der Waals surface area contributed by atoms with Gasteiger partial charge in [-0.25, -0.2) is 0 Å². The molecule has 1 aromatic rings. The van der Waals surface area contributed by atoms with Gasteiger partial charge in [-0.2, -0.15) is 0 Å². The SMILES string of the molecule is CC(C)(C)c1cccc(OCCNC(=O)CCN)c1. The van der Waals surface area contributed by atoms with Crippen LogP contribution in [-0.2, 0) is 10.2 Å². The second-order valence-electron chi connectivity index (χ2n) is 5.51. The molecule has 3 N–H and O–H groups in total. The summed E-state index contributed by atoms with van der Waals surface area (Å²) in [5, 5.41) is 2.75. The molecule has 0 aromatic heterocycles. The third-order valence-electron chi connectivity index (χ3n) is 2.76. The predicted octanol–water partition coefficient (Wildman–Crippen LogP) is 1.83. The number of hydrogen-bond donors (Lipinski definition) is 2. The number of hydrogen-bond acceptors (Lipinski definition) is 3. The van der Waals surface area contributed by atoms with Crippen molar-refractivity contribution in [2.24, 2.45) is 5.73 Å². The van der Waals surface area contributed by atoms with Gasteiger partial charge in [0.1, 0.15) is 12.4 Å². The van der Waals surface area contributed by atoms with Crippen LogP contribution in [0.1, 0.15) is 32.8 Å². The molecule has 4 nitrogen and oxygen atoms in total. The maximum Gasteiger partial charge on any atom is 0.221 e. The molecule has 0 bridgehead atoms. The Morgan fingerprint density at radius 2 is 2.11 bits per heavy atom. The van der Waals surface area contributed by atoms with E-state index in [1.807, 2.05) is 18.2 Å². The first-order valence-corrected chi connectivity index (χ1v) is 6.63. The van der Waals surface area contributed by atoms with E-state index in [-0.39, 0.29) is 11.3 Å². The Morgan fingerprint density at radius 1 is 1.37 bits per heavy atom. The van der Waals surface area contributed by atoms with Crippen LogP contribution in [0, 0.1) is 0 Å². The topological polar surface area (TPSA) is 64.3 Å². The summed E-state index contributed by atoms with van der Waals surface area (Å²) in [6.45, 7) is 7.83. The standard InChI is InChI=1S/C15H24N2O2/c1-15(2,3)12-5-4-6-13(11-12)19-10-9-17-14(18)7-8-16/h4-6,11H,7-10,16H2,1-3H3,(H,17,18). The first-order valence-electron chi connectivity index (χ1n) is 6.63. The highest BCUT2D eigenvalue weighted by Crippen LogP contribution is 2.25. The highest BCUT2D eigenvalue weighted by molar-refractivity contribution is 5.75. The van der Waals surface area contributed by atoms with Crippen molar-refractivity contribution in [2.45, 2.75) is 32.6 Å². The van der Waals surface area contributed by atoms with Crippen LogP contribution in [0.5, 0.6) is 5.75 Å². The summed E-state index contributed by atoms with van der Waals surface area (Å²) in [5.74, 6) is 0.801. The molecule has 1 rings (SSSR count). The van der Waals surface area contributed by atoms with Crippen LogP contribution in [0.3, 0.4) is 0 Å². The van der Waals surface area contributed by atoms with Crippen LogP contribution in [0.15, 0.2) is 24.3 Å². The summed E-state index contributed by atoms with van der Waals surface area (Å²) in [6.07, 6.45) is 0.361. The van der Waals surface area contributed by atoms with Gasteiger partial charge in [0, 0.05) is 13.0 Å². The fourth-order valence-corrected chi connectivity index (χ4v) is 1.63. The largest absolute Gasteiger partial charge is 0.492 e. The van der Waals surface area contributed by atoms with E-state index in [1.165, 1.54) is 5.56 Å². The lowest BCUT2D eigenvalue weighted by Crippen LogP contribution is -2.29. The zero-order chi connectivity index (χ0) is 14.3. The normalized spacial score (nSPS) is 11.2. The van der Waals surface area contributed by atoms with E-state index in [9.17, 15) is 4.79 Å². The van der Waals surface area contributed by atoms with Crippen LogP contribution in [0.2, 0.25) is 0 Å². The summed E-state index contributed by atoms with van der Waals surface area (Å²) in [7, 11) is 0. The number of ether oxygens (including phenoxy) is 1. The molecule has 1 amide bonds. The molecule has 0 atom stereocenters. The summed E-state index contributed by atoms with van der Waals surface area (Å²) < 4.78 is 5.62. The first-order chi connectivity index (χ1) is 8.93. The molecule has 0 aliphatic carbocycles. The van der Waals surface area contributed by atoms with Crippen molar-refractivity contribution >= 4 is 5.91 Å². The molecule has 4 heteroatoms. The van der Waals surface area contributed by atoms with Gasteiger partial charge in [0.05, 0.1) is 6.54 Å². The van der Waals surface area contributed by atoms with E-state index in [0.717, 1.165) is 5.75 Å². The van der Waals surface area contributed by atoms with E-state index < -0.39 is 0 Å². The van der Waals surface area contributed by atoms with Gasteiger partial charge in [-0.15, -0.1) is 0 Å². The summed E-state index contributed by atoms with van der Waals surface area (Å²) in [6, 6.07) is 8.05. The average Bonchev–Trinajstić information content (AvgIpc) is 2.34. The van der Waals surface area contributed by atoms with Crippen molar-refractivity contribution < 1.29 is 9.53 Å². The minimum Gasteiger partial charge on any atom is -0.492 e. The zero-order valence-electron chi connectivity index (χ0n) is 12.0. The molecule has 0 spiro atoms. The molecule has 0 fully saturated rings. The lowest BCUT2D eigenvalue weighted by atomic mass is 9.87. The van der Waals surface area contributed by atoms with E-state index in [1.54, 1.807) is 0 Å². The number of rotatable bonds is 6. The second-order valence-corrected chi connectivity index (χ2v) is 5.51. The van der Waals surface area contributed by atoms with Crippen molar-refractivity contribution in [3.63, 3.8) is 0 Å². The molecule has 0 unspecified atom stereocenters. The van der Waals surface area contributed by atoms with Crippen molar-refractivity contribution in [3.05, 3.63) is 29.8 Å². The summed E-state index contributed by atoms with van der Waals surface area (Å²) in [5.41, 5.74) is 6.63. The van der Waals surface area contributed by atoms with E-state index in [4.69, 9.17) is 10.5 Å².